The maximum Gasteiger partial charge on any atom is 0.168 e. The molecule has 0 bridgehead atoms. The number of nitrogens with zero attached hydrogens (tertiary/aromatic N) is 1. The van der Waals surface area contributed by atoms with Crippen LogP contribution in [-0.2, 0) is 0 Å². The topological polar surface area (TPSA) is 33.1 Å². The molecule has 0 aliphatic heterocycles. The van der Waals surface area contributed by atoms with Gasteiger partial charge in [-0.1, -0.05) is 34.8 Å². The van der Waals surface area contributed by atoms with Crippen LogP contribution in [0.15, 0.2) is 4.60 Å². The summed E-state index contributed by atoms with van der Waals surface area (Å²) in [5.74, 6) is -0.207. The number of aromatic nitrogens is 1. The number of hydrogen-bond donors (Lipinski definition) is 1. The molecule has 0 saturated carbocycles. The molecule has 6 heteroatoms. The van der Waals surface area contributed by atoms with Gasteiger partial charge in [0.05, 0.1) is 0 Å². The van der Waals surface area contributed by atoms with Gasteiger partial charge in [0.1, 0.15) is 10.0 Å². The molecule has 1 aromatic rings. The third-order valence-electron chi connectivity index (χ3n) is 0.973. The molecule has 2 nitrogen and oxygen atoms in total. The summed E-state index contributed by atoms with van der Waals surface area (Å²) in [6.07, 6.45) is 0. The van der Waals surface area contributed by atoms with Crippen molar-refractivity contribution in [2.24, 2.45) is 0 Å². The van der Waals surface area contributed by atoms with Gasteiger partial charge in [0.2, 0.25) is 0 Å². The molecule has 1 N–H and O–H groups in total. The van der Waals surface area contributed by atoms with Gasteiger partial charge < -0.3 is 5.11 Å². The van der Waals surface area contributed by atoms with E-state index < -0.39 is 0 Å². The minimum Gasteiger partial charge on any atom is -0.504 e. The summed E-state index contributed by atoms with van der Waals surface area (Å²) in [6, 6.07) is 0. The van der Waals surface area contributed by atoms with Crippen LogP contribution in [0.3, 0.4) is 0 Å². The van der Waals surface area contributed by atoms with Crippen LogP contribution >= 0.6 is 50.7 Å². The van der Waals surface area contributed by atoms with Gasteiger partial charge in [-0.3, -0.25) is 0 Å². The van der Waals surface area contributed by atoms with Gasteiger partial charge in [0, 0.05) is 0 Å². The Morgan fingerprint density at radius 1 is 1.18 bits per heavy atom. The Labute approximate surface area is 86.2 Å². The first-order chi connectivity index (χ1) is 5.04. The van der Waals surface area contributed by atoms with Crippen LogP contribution < -0.4 is 0 Å². The van der Waals surface area contributed by atoms with E-state index in [1.165, 1.54) is 0 Å². The van der Waals surface area contributed by atoms with E-state index in [2.05, 4.69) is 20.9 Å². The zero-order valence-electron chi connectivity index (χ0n) is 4.91. The molecule has 1 aromatic heterocycles. The van der Waals surface area contributed by atoms with E-state index in [-0.39, 0.29) is 25.6 Å². The standard InChI is InChI=1S/C5HBrCl3NO/c6-4-3(11)1(7)2(8)5(9)10-4/h11H. The van der Waals surface area contributed by atoms with Gasteiger partial charge in [0.25, 0.3) is 0 Å². The summed E-state index contributed by atoms with van der Waals surface area (Å²) < 4.78 is 0.178. The van der Waals surface area contributed by atoms with Crippen LogP contribution in [0.4, 0.5) is 0 Å². The highest BCUT2D eigenvalue weighted by Crippen LogP contribution is 2.39. The zero-order chi connectivity index (χ0) is 8.59. The average molecular weight is 277 g/mol. The summed E-state index contributed by atoms with van der Waals surface area (Å²) in [5, 5.41) is 9.23. The second-order valence-electron chi connectivity index (χ2n) is 1.67. The van der Waals surface area contributed by atoms with Gasteiger partial charge >= 0.3 is 0 Å². The molecule has 0 unspecified atom stereocenters. The van der Waals surface area contributed by atoms with Crippen molar-refractivity contribution >= 4 is 50.7 Å². The fourth-order valence-electron chi connectivity index (χ4n) is 0.473. The van der Waals surface area contributed by atoms with Crippen molar-refractivity contribution in [1.29, 1.82) is 0 Å². The first kappa shape index (κ1) is 9.39. The highest BCUT2D eigenvalue weighted by Gasteiger charge is 2.13. The van der Waals surface area contributed by atoms with Crippen molar-refractivity contribution in [3.05, 3.63) is 19.8 Å². The van der Waals surface area contributed by atoms with Crippen molar-refractivity contribution in [3.8, 4) is 5.75 Å². The molecule has 0 atom stereocenters. The molecule has 1 heterocycles. The lowest BCUT2D eigenvalue weighted by atomic mass is 10.4. The number of hydrogen-bond acceptors (Lipinski definition) is 2. The Balaban J connectivity index is 3.46. The number of rotatable bonds is 0. The van der Waals surface area contributed by atoms with E-state index >= 15 is 0 Å². The van der Waals surface area contributed by atoms with Crippen molar-refractivity contribution in [2.75, 3.05) is 0 Å². The third-order valence-corrected chi connectivity index (χ3v) is 2.73. The van der Waals surface area contributed by atoms with Crippen molar-refractivity contribution in [1.82, 2.24) is 4.98 Å². The van der Waals surface area contributed by atoms with E-state index in [1.54, 1.807) is 0 Å². The van der Waals surface area contributed by atoms with Crippen LogP contribution in [-0.4, -0.2) is 10.1 Å². The van der Waals surface area contributed by atoms with Crippen molar-refractivity contribution < 1.29 is 5.11 Å². The molecule has 60 valence electrons. The highest BCUT2D eigenvalue weighted by molar-refractivity contribution is 9.10. The summed E-state index contributed by atoms with van der Waals surface area (Å²) in [6.45, 7) is 0. The summed E-state index contributed by atoms with van der Waals surface area (Å²) in [7, 11) is 0. The first-order valence-corrected chi connectivity index (χ1v) is 4.35. The van der Waals surface area contributed by atoms with Gasteiger partial charge in [-0.25, -0.2) is 4.98 Å². The molecule has 0 fully saturated rings. The van der Waals surface area contributed by atoms with Crippen molar-refractivity contribution in [2.45, 2.75) is 0 Å². The van der Waals surface area contributed by atoms with Crippen LogP contribution in [0.2, 0.25) is 15.2 Å². The predicted octanol–water partition coefficient (Wildman–Crippen LogP) is 3.51. The van der Waals surface area contributed by atoms with Gasteiger partial charge in [-0.15, -0.1) is 0 Å². The molecule has 0 saturated heterocycles. The average Bonchev–Trinajstić information content (AvgIpc) is 1.97. The van der Waals surface area contributed by atoms with Gasteiger partial charge in [-0.2, -0.15) is 0 Å². The normalized spacial score (nSPS) is 10.2. The van der Waals surface area contributed by atoms with Crippen molar-refractivity contribution in [3.63, 3.8) is 0 Å². The van der Waals surface area contributed by atoms with E-state index in [1.807, 2.05) is 0 Å². The zero-order valence-corrected chi connectivity index (χ0v) is 8.76. The largest absolute Gasteiger partial charge is 0.504 e. The summed E-state index contributed by atoms with van der Waals surface area (Å²) >= 11 is 19.6. The molecule has 0 spiro atoms. The van der Waals surface area contributed by atoms with Gasteiger partial charge in [0.15, 0.2) is 15.5 Å². The van der Waals surface area contributed by atoms with Crippen LogP contribution in [0, 0.1) is 0 Å². The fourth-order valence-corrected chi connectivity index (χ4v) is 1.60. The first-order valence-electron chi connectivity index (χ1n) is 2.43. The SMILES string of the molecule is Oc1c(Br)nc(Cl)c(Cl)c1Cl. The molecule has 1 rings (SSSR count). The smallest absolute Gasteiger partial charge is 0.168 e. The Morgan fingerprint density at radius 3 is 2.27 bits per heavy atom. The second-order valence-corrected chi connectivity index (χ2v) is 3.54. The predicted molar refractivity (Wildman–Crippen MR) is 48.6 cm³/mol. The fraction of sp³-hybridized carbons (Fsp3) is 0. The van der Waals surface area contributed by atoms with Crippen LogP contribution in [0.25, 0.3) is 0 Å². The third kappa shape index (κ3) is 1.72. The summed E-state index contributed by atoms with van der Waals surface area (Å²) in [4.78, 5) is 3.65. The van der Waals surface area contributed by atoms with Crippen LogP contribution in [0.1, 0.15) is 0 Å². The maximum atomic E-state index is 9.13. The Bertz CT molecular complexity index is 278. The molecule has 0 aliphatic carbocycles. The second kappa shape index (κ2) is 3.35. The molecule has 0 aromatic carbocycles. The Kier molecular flexibility index (Phi) is 2.86. The minimum absolute atomic E-state index is 0.00135. The molecule has 0 amide bonds. The quantitative estimate of drug-likeness (QED) is 0.736. The van der Waals surface area contributed by atoms with E-state index in [9.17, 15) is 0 Å². The molecular weight excluding hydrogens is 276 g/mol. The number of halogens is 4. The summed E-state index contributed by atoms with van der Waals surface area (Å²) in [5.41, 5.74) is 0. The lowest BCUT2D eigenvalue weighted by Crippen LogP contribution is -1.81. The highest BCUT2D eigenvalue weighted by atomic mass is 79.9. The monoisotopic (exact) mass is 275 g/mol. The van der Waals surface area contributed by atoms with E-state index in [0.717, 1.165) is 0 Å². The maximum absolute atomic E-state index is 9.13. The number of pyridine rings is 1. The number of aromatic hydroxyl groups is 1. The van der Waals surface area contributed by atoms with E-state index in [4.69, 9.17) is 39.9 Å². The minimum atomic E-state index is -0.207. The van der Waals surface area contributed by atoms with E-state index in [0.29, 0.717) is 0 Å². The molecule has 0 aliphatic rings. The Hall–Kier alpha value is 0.300. The molecular formula is C5HBrCl3NO. The van der Waals surface area contributed by atoms with Gasteiger partial charge in [-0.05, 0) is 15.9 Å². The Morgan fingerprint density at radius 2 is 1.73 bits per heavy atom. The lowest BCUT2D eigenvalue weighted by molar-refractivity contribution is 0.469. The lowest BCUT2D eigenvalue weighted by Gasteiger charge is -2.01. The molecule has 11 heavy (non-hydrogen) atoms. The van der Waals surface area contributed by atoms with Crippen LogP contribution in [0.5, 0.6) is 5.75 Å². The molecule has 0 radical (unpaired) electrons.